The van der Waals surface area contributed by atoms with Gasteiger partial charge in [-0.15, -0.1) is 11.3 Å². The van der Waals surface area contributed by atoms with Gasteiger partial charge in [0, 0.05) is 25.7 Å². The zero-order valence-electron chi connectivity index (χ0n) is 17.5. The molecule has 0 aliphatic carbocycles. The number of thiazole rings is 1. The lowest BCUT2D eigenvalue weighted by Crippen LogP contribution is -2.14. The van der Waals surface area contributed by atoms with E-state index in [1.165, 1.54) is 5.56 Å². The molecule has 0 fully saturated rings. The monoisotopic (exact) mass is 420 g/mol. The van der Waals surface area contributed by atoms with Crippen molar-refractivity contribution in [3.63, 3.8) is 0 Å². The molecule has 0 N–H and O–H groups in total. The lowest BCUT2D eigenvalue weighted by Gasteiger charge is -2.12. The Kier molecular flexibility index (Phi) is 5.63. The molecular weight excluding hydrogens is 396 g/mol. The Bertz CT molecular complexity index is 1180. The van der Waals surface area contributed by atoms with Crippen molar-refractivity contribution >= 4 is 28.2 Å². The number of aryl methyl sites for hydroxylation is 3. The predicted molar refractivity (Wildman–Crippen MR) is 119 cm³/mol. The maximum Gasteiger partial charge on any atom is 0.215 e. The second-order valence-electron chi connectivity index (χ2n) is 7.66. The van der Waals surface area contributed by atoms with Crippen LogP contribution < -0.4 is 4.74 Å². The van der Waals surface area contributed by atoms with E-state index in [4.69, 9.17) is 4.74 Å². The first-order valence-electron chi connectivity index (χ1n) is 9.86. The summed E-state index contributed by atoms with van der Waals surface area (Å²) in [5.41, 5.74) is 6.77. The SMILES string of the molecule is Cc1ccc([C@H](C)CC(=O)COc2cc(C)c3c(-c4cncs4)nn(C)c3n2)cc1. The Morgan fingerprint density at radius 2 is 2.00 bits per heavy atom. The van der Waals surface area contributed by atoms with Crippen molar-refractivity contribution < 1.29 is 9.53 Å². The quantitative estimate of drug-likeness (QED) is 0.427. The number of carbonyl (C=O) groups is 1. The summed E-state index contributed by atoms with van der Waals surface area (Å²) in [4.78, 5) is 22.2. The van der Waals surface area contributed by atoms with Gasteiger partial charge in [-0.05, 0) is 30.9 Å². The summed E-state index contributed by atoms with van der Waals surface area (Å²) in [5, 5.41) is 5.59. The van der Waals surface area contributed by atoms with E-state index in [2.05, 4.69) is 53.2 Å². The zero-order chi connectivity index (χ0) is 21.3. The molecule has 0 aliphatic heterocycles. The number of fused-ring (bicyclic) bond motifs is 1. The van der Waals surface area contributed by atoms with Crippen LogP contribution >= 0.6 is 11.3 Å². The Morgan fingerprint density at radius 1 is 1.23 bits per heavy atom. The third-order valence-electron chi connectivity index (χ3n) is 5.19. The van der Waals surface area contributed by atoms with Gasteiger partial charge < -0.3 is 4.74 Å². The van der Waals surface area contributed by atoms with Crippen LogP contribution in [0.1, 0.15) is 36.0 Å². The molecule has 0 aliphatic rings. The van der Waals surface area contributed by atoms with Crippen LogP contribution in [0.2, 0.25) is 0 Å². The van der Waals surface area contributed by atoms with Gasteiger partial charge in [-0.1, -0.05) is 36.8 Å². The van der Waals surface area contributed by atoms with E-state index in [9.17, 15) is 4.79 Å². The van der Waals surface area contributed by atoms with Crippen molar-refractivity contribution in [2.75, 3.05) is 6.61 Å². The van der Waals surface area contributed by atoms with Crippen molar-refractivity contribution in [3.05, 3.63) is 58.7 Å². The fourth-order valence-electron chi connectivity index (χ4n) is 3.55. The Morgan fingerprint density at radius 3 is 2.70 bits per heavy atom. The van der Waals surface area contributed by atoms with Gasteiger partial charge in [0.1, 0.15) is 12.3 Å². The molecule has 3 aromatic heterocycles. The van der Waals surface area contributed by atoms with Gasteiger partial charge in [-0.3, -0.25) is 9.78 Å². The van der Waals surface area contributed by atoms with Crippen molar-refractivity contribution in [3.8, 4) is 16.5 Å². The van der Waals surface area contributed by atoms with E-state index < -0.39 is 0 Å². The molecular formula is C23H24N4O2S. The fraction of sp³-hybridized carbons (Fsp3) is 0.304. The van der Waals surface area contributed by atoms with Gasteiger partial charge >= 0.3 is 0 Å². The summed E-state index contributed by atoms with van der Waals surface area (Å²) in [5.74, 6) is 0.645. The normalized spacial score (nSPS) is 12.3. The smallest absolute Gasteiger partial charge is 0.215 e. The number of aromatic nitrogens is 4. The summed E-state index contributed by atoms with van der Waals surface area (Å²) in [6.07, 6.45) is 2.25. The maximum atomic E-state index is 12.5. The summed E-state index contributed by atoms with van der Waals surface area (Å²) in [6.45, 7) is 6.13. The number of ketones is 1. The number of ether oxygens (including phenoxy) is 1. The number of Topliss-reactive ketones (excluding diaryl/α,β-unsaturated/α-hetero) is 1. The molecule has 0 saturated heterocycles. The Hall–Kier alpha value is -3.06. The van der Waals surface area contributed by atoms with Crippen LogP contribution in [0.25, 0.3) is 21.6 Å². The van der Waals surface area contributed by atoms with Crippen LogP contribution in [0.5, 0.6) is 5.88 Å². The molecule has 1 atom stereocenters. The molecule has 154 valence electrons. The van der Waals surface area contributed by atoms with Crippen LogP contribution in [-0.2, 0) is 11.8 Å². The van der Waals surface area contributed by atoms with Crippen molar-refractivity contribution in [2.24, 2.45) is 7.05 Å². The van der Waals surface area contributed by atoms with Gasteiger partial charge in [0.05, 0.1) is 15.8 Å². The van der Waals surface area contributed by atoms with E-state index in [1.54, 1.807) is 21.5 Å². The average molecular weight is 421 g/mol. The van der Waals surface area contributed by atoms with E-state index in [0.29, 0.717) is 12.3 Å². The zero-order valence-corrected chi connectivity index (χ0v) is 18.4. The van der Waals surface area contributed by atoms with Crippen LogP contribution in [0, 0.1) is 13.8 Å². The standard InChI is InChI=1S/C23H24N4O2S/c1-14-5-7-17(8-6-14)15(2)9-18(28)12-29-20-10-16(3)21-22(19-11-24-13-30-19)26-27(4)23(21)25-20/h5-8,10-11,13,15H,9,12H2,1-4H3/t15-/m1/s1. The second kappa shape index (κ2) is 8.36. The minimum Gasteiger partial charge on any atom is -0.470 e. The number of hydrogen-bond donors (Lipinski definition) is 0. The van der Waals surface area contributed by atoms with E-state index >= 15 is 0 Å². The third kappa shape index (κ3) is 4.11. The largest absolute Gasteiger partial charge is 0.470 e. The first-order valence-corrected chi connectivity index (χ1v) is 10.7. The van der Waals surface area contributed by atoms with Crippen LogP contribution in [0.4, 0.5) is 0 Å². The molecule has 30 heavy (non-hydrogen) atoms. The van der Waals surface area contributed by atoms with Gasteiger partial charge in [0.2, 0.25) is 5.88 Å². The second-order valence-corrected chi connectivity index (χ2v) is 8.54. The number of benzene rings is 1. The van der Waals surface area contributed by atoms with Crippen LogP contribution in [0.3, 0.4) is 0 Å². The first-order chi connectivity index (χ1) is 14.4. The van der Waals surface area contributed by atoms with Crippen LogP contribution in [-0.4, -0.2) is 32.1 Å². The number of carbonyl (C=O) groups excluding carboxylic acids is 1. The average Bonchev–Trinajstić information content (AvgIpc) is 3.35. The molecule has 4 rings (SSSR count). The van der Waals surface area contributed by atoms with Crippen LogP contribution in [0.15, 0.2) is 42.0 Å². The minimum absolute atomic E-state index is 0.00764. The molecule has 0 radical (unpaired) electrons. The number of hydrogen-bond acceptors (Lipinski definition) is 6. The maximum absolute atomic E-state index is 12.5. The highest BCUT2D eigenvalue weighted by atomic mass is 32.1. The molecule has 0 unspecified atom stereocenters. The van der Waals surface area contributed by atoms with Gasteiger partial charge in [0.15, 0.2) is 11.4 Å². The van der Waals surface area contributed by atoms with Crippen molar-refractivity contribution in [2.45, 2.75) is 33.1 Å². The highest BCUT2D eigenvalue weighted by Crippen LogP contribution is 2.33. The topological polar surface area (TPSA) is 69.9 Å². The van der Waals surface area contributed by atoms with E-state index in [1.807, 2.05) is 26.2 Å². The molecule has 7 heteroatoms. The number of pyridine rings is 1. The molecule has 4 aromatic rings. The lowest BCUT2D eigenvalue weighted by molar-refractivity contribution is -0.121. The summed E-state index contributed by atoms with van der Waals surface area (Å²) < 4.78 is 7.50. The summed E-state index contributed by atoms with van der Waals surface area (Å²) in [7, 11) is 1.86. The summed E-state index contributed by atoms with van der Waals surface area (Å²) >= 11 is 1.55. The van der Waals surface area contributed by atoms with E-state index in [0.717, 1.165) is 32.7 Å². The molecule has 0 amide bonds. The summed E-state index contributed by atoms with van der Waals surface area (Å²) in [6, 6.07) is 10.2. The first kappa shape index (κ1) is 20.2. The minimum atomic E-state index is 0.00764. The van der Waals surface area contributed by atoms with Crippen molar-refractivity contribution in [1.29, 1.82) is 0 Å². The number of nitrogens with zero attached hydrogens (tertiary/aromatic N) is 4. The molecule has 0 saturated carbocycles. The van der Waals surface area contributed by atoms with Gasteiger partial charge in [-0.25, -0.2) is 4.68 Å². The molecule has 1 aromatic carbocycles. The molecule has 6 nitrogen and oxygen atoms in total. The van der Waals surface area contributed by atoms with E-state index in [-0.39, 0.29) is 18.3 Å². The highest BCUT2D eigenvalue weighted by molar-refractivity contribution is 7.13. The predicted octanol–water partition coefficient (Wildman–Crippen LogP) is 4.85. The fourth-order valence-corrected chi connectivity index (χ4v) is 4.16. The Labute approximate surface area is 179 Å². The molecule has 0 bridgehead atoms. The Balaban J connectivity index is 1.47. The highest BCUT2D eigenvalue weighted by Gasteiger charge is 2.18. The van der Waals surface area contributed by atoms with Gasteiger partial charge in [0.25, 0.3) is 0 Å². The van der Waals surface area contributed by atoms with Gasteiger partial charge in [-0.2, -0.15) is 10.1 Å². The van der Waals surface area contributed by atoms with Crippen molar-refractivity contribution in [1.82, 2.24) is 19.7 Å². The number of rotatable bonds is 7. The molecule has 0 spiro atoms. The molecule has 3 heterocycles. The third-order valence-corrected chi connectivity index (χ3v) is 5.97. The lowest BCUT2D eigenvalue weighted by atomic mass is 9.95.